The van der Waals surface area contributed by atoms with Gasteiger partial charge in [0.05, 0.1) is 30.3 Å². The summed E-state index contributed by atoms with van der Waals surface area (Å²) >= 11 is 0. The Bertz CT molecular complexity index is 1320. The van der Waals surface area contributed by atoms with Crippen molar-refractivity contribution in [2.24, 2.45) is 0 Å². The standard InChI is InChI=1S/C26H28N6O3/c1-18-6-7-22(19(2)15-18)30-10-12-31(13-11-30)25(33)20-16-28-32(23(20)17-34-3)26-27-9-8-21(29-26)24-5-4-14-35-24/h4-9,14-16H,10-13,17H2,1-3H3. The largest absolute Gasteiger partial charge is 0.463 e. The predicted molar refractivity (Wildman–Crippen MR) is 132 cm³/mol. The number of methoxy groups -OCH3 is 1. The van der Waals surface area contributed by atoms with Crippen LogP contribution in [0.1, 0.15) is 27.2 Å². The van der Waals surface area contributed by atoms with Gasteiger partial charge in [0, 0.05) is 45.2 Å². The zero-order chi connectivity index (χ0) is 24.4. The third-order valence-electron chi connectivity index (χ3n) is 6.25. The van der Waals surface area contributed by atoms with E-state index in [1.54, 1.807) is 42.6 Å². The molecule has 1 aliphatic rings. The number of carbonyl (C=O) groups excluding carboxylic acids is 1. The maximum Gasteiger partial charge on any atom is 0.257 e. The molecule has 1 amide bonds. The highest BCUT2D eigenvalue weighted by Crippen LogP contribution is 2.24. The molecule has 0 N–H and O–H groups in total. The molecule has 5 rings (SSSR count). The lowest BCUT2D eigenvalue weighted by molar-refractivity contribution is 0.0741. The number of furan rings is 1. The van der Waals surface area contributed by atoms with E-state index >= 15 is 0 Å². The van der Waals surface area contributed by atoms with Gasteiger partial charge in [-0.2, -0.15) is 9.78 Å². The van der Waals surface area contributed by atoms with Crippen LogP contribution in [0.25, 0.3) is 17.4 Å². The van der Waals surface area contributed by atoms with E-state index in [4.69, 9.17) is 9.15 Å². The zero-order valence-electron chi connectivity index (χ0n) is 20.1. The van der Waals surface area contributed by atoms with Crippen LogP contribution in [0.5, 0.6) is 0 Å². The monoisotopic (exact) mass is 472 g/mol. The number of benzene rings is 1. The second-order valence-corrected chi connectivity index (χ2v) is 8.64. The lowest BCUT2D eigenvalue weighted by Crippen LogP contribution is -2.49. The van der Waals surface area contributed by atoms with E-state index in [0.717, 1.165) is 13.1 Å². The van der Waals surface area contributed by atoms with Gasteiger partial charge in [-0.1, -0.05) is 17.7 Å². The van der Waals surface area contributed by atoms with Crippen LogP contribution in [-0.4, -0.2) is 63.8 Å². The molecule has 9 nitrogen and oxygen atoms in total. The van der Waals surface area contributed by atoms with E-state index in [1.165, 1.54) is 16.8 Å². The number of ether oxygens (including phenoxy) is 1. The summed E-state index contributed by atoms with van der Waals surface area (Å²) in [6.45, 7) is 7.26. The van der Waals surface area contributed by atoms with Gasteiger partial charge < -0.3 is 19.0 Å². The fourth-order valence-electron chi connectivity index (χ4n) is 4.49. The van der Waals surface area contributed by atoms with Crippen LogP contribution in [0.4, 0.5) is 5.69 Å². The molecule has 1 aromatic carbocycles. The van der Waals surface area contributed by atoms with Crippen LogP contribution >= 0.6 is 0 Å². The molecule has 0 radical (unpaired) electrons. The first-order valence-electron chi connectivity index (χ1n) is 11.6. The van der Waals surface area contributed by atoms with Gasteiger partial charge in [0.15, 0.2) is 5.76 Å². The SMILES string of the molecule is COCc1c(C(=O)N2CCN(c3ccc(C)cc3C)CC2)cnn1-c1nccc(-c2ccco2)n1. The van der Waals surface area contributed by atoms with E-state index in [-0.39, 0.29) is 12.5 Å². The molecule has 0 aliphatic carbocycles. The molecule has 1 saturated heterocycles. The Morgan fingerprint density at radius 2 is 1.94 bits per heavy atom. The predicted octanol–water partition coefficient (Wildman–Crippen LogP) is 3.65. The van der Waals surface area contributed by atoms with Gasteiger partial charge in [0.2, 0.25) is 0 Å². The van der Waals surface area contributed by atoms with Gasteiger partial charge >= 0.3 is 0 Å². The molecule has 0 unspecified atom stereocenters. The van der Waals surface area contributed by atoms with Crippen molar-refractivity contribution in [2.45, 2.75) is 20.5 Å². The quantitative estimate of drug-likeness (QED) is 0.423. The molecule has 0 bridgehead atoms. The van der Waals surface area contributed by atoms with Gasteiger partial charge in [-0.05, 0) is 43.7 Å². The second-order valence-electron chi connectivity index (χ2n) is 8.64. The van der Waals surface area contributed by atoms with Crippen molar-refractivity contribution in [2.75, 3.05) is 38.2 Å². The molecule has 180 valence electrons. The van der Waals surface area contributed by atoms with Crippen LogP contribution in [0.3, 0.4) is 0 Å². The van der Waals surface area contributed by atoms with Crippen LogP contribution in [0.2, 0.25) is 0 Å². The summed E-state index contributed by atoms with van der Waals surface area (Å²) in [5.74, 6) is 0.919. The Morgan fingerprint density at radius 3 is 2.66 bits per heavy atom. The van der Waals surface area contributed by atoms with E-state index in [1.807, 2.05) is 11.0 Å². The van der Waals surface area contributed by atoms with Crippen molar-refractivity contribution >= 4 is 11.6 Å². The minimum absolute atomic E-state index is 0.0641. The number of rotatable bonds is 6. The second kappa shape index (κ2) is 9.71. The molecular formula is C26H28N6O3. The molecule has 4 heterocycles. The van der Waals surface area contributed by atoms with Gasteiger partial charge in [-0.15, -0.1) is 0 Å². The molecule has 1 aliphatic heterocycles. The van der Waals surface area contributed by atoms with Crippen molar-refractivity contribution in [3.05, 3.63) is 77.4 Å². The van der Waals surface area contributed by atoms with Crippen molar-refractivity contribution in [3.63, 3.8) is 0 Å². The third-order valence-corrected chi connectivity index (χ3v) is 6.25. The zero-order valence-corrected chi connectivity index (χ0v) is 20.1. The molecular weight excluding hydrogens is 444 g/mol. The Labute approximate surface area is 204 Å². The van der Waals surface area contributed by atoms with Gasteiger partial charge in [0.25, 0.3) is 11.9 Å². The number of aryl methyl sites for hydroxylation is 2. The van der Waals surface area contributed by atoms with Crippen molar-refractivity contribution < 1.29 is 13.9 Å². The van der Waals surface area contributed by atoms with E-state index in [0.29, 0.717) is 41.7 Å². The van der Waals surface area contributed by atoms with E-state index in [9.17, 15) is 4.79 Å². The number of amides is 1. The molecule has 4 aromatic rings. The summed E-state index contributed by atoms with van der Waals surface area (Å²) in [5.41, 5.74) is 5.48. The highest BCUT2D eigenvalue weighted by molar-refractivity contribution is 5.95. The number of piperazine rings is 1. The number of carbonyl (C=O) groups is 1. The average Bonchev–Trinajstić information content (AvgIpc) is 3.55. The first-order valence-corrected chi connectivity index (χ1v) is 11.6. The van der Waals surface area contributed by atoms with Crippen molar-refractivity contribution in [3.8, 4) is 17.4 Å². The summed E-state index contributed by atoms with van der Waals surface area (Å²) in [5, 5.41) is 4.45. The van der Waals surface area contributed by atoms with Gasteiger partial charge in [-0.25, -0.2) is 9.97 Å². The first kappa shape index (κ1) is 22.8. The van der Waals surface area contributed by atoms with E-state index < -0.39 is 0 Å². The van der Waals surface area contributed by atoms with Crippen molar-refractivity contribution in [1.29, 1.82) is 0 Å². The Hall–Kier alpha value is -3.98. The normalized spacial score (nSPS) is 13.9. The van der Waals surface area contributed by atoms with Crippen LogP contribution in [-0.2, 0) is 11.3 Å². The lowest BCUT2D eigenvalue weighted by Gasteiger charge is -2.37. The van der Waals surface area contributed by atoms with Gasteiger partial charge in [-0.3, -0.25) is 4.79 Å². The maximum absolute atomic E-state index is 13.5. The topological polar surface area (TPSA) is 89.5 Å². The minimum Gasteiger partial charge on any atom is -0.463 e. The first-order chi connectivity index (χ1) is 17.0. The molecule has 3 aromatic heterocycles. The number of anilines is 1. The van der Waals surface area contributed by atoms with Crippen LogP contribution in [0.15, 0.2) is 59.5 Å². The molecule has 35 heavy (non-hydrogen) atoms. The highest BCUT2D eigenvalue weighted by atomic mass is 16.5. The summed E-state index contributed by atoms with van der Waals surface area (Å²) in [6.07, 6.45) is 4.82. The summed E-state index contributed by atoms with van der Waals surface area (Å²) in [4.78, 5) is 26.7. The Kier molecular flexibility index (Phi) is 6.33. The summed E-state index contributed by atoms with van der Waals surface area (Å²) in [6, 6.07) is 11.9. The molecule has 0 spiro atoms. The average molecular weight is 473 g/mol. The number of hydrogen-bond acceptors (Lipinski definition) is 7. The summed E-state index contributed by atoms with van der Waals surface area (Å²) < 4.78 is 12.4. The third kappa shape index (κ3) is 4.54. The van der Waals surface area contributed by atoms with Crippen molar-refractivity contribution in [1.82, 2.24) is 24.6 Å². The molecule has 9 heteroatoms. The highest BCUT2D eigenvalue weighted by Gasteiger charge is 2.27. The smallest absolute Gasteiger partial charge is 0.257 e. The number of aromatic nitrogens is 4. The van der Waals surface area contributed by atoms with Crippen LogP contribution < -0.4 is 4.90 Å². The van der Waals surface area contributed by atoms with E-state index in [2.05, 4.69) is 52.0 Å². The number of nitrogens with zero attached hydrogens (tertiary/aromatic N) is 6. The van der Waals surface area contributed by atoms with Gasteiger partial charge in [0.1, 0.15) is 5.69 Å². The lowest BCUT2D eigenvalue weighted by atomic mass is 10.1. The Balaban J connectivity index is 1.36. The number of hydrogen-bond donors (Lipinski definition) is 0. The van der Waals surface area contributed by atoms with Crippen LogP contribution in [0, 0.1) is 13.8 Å². The molecule has 0 saturated carbocycles. The summed E-state index contributed by atoms with van der Waals surface area (Å²) in [7, 11) is 1.59. The maximum atomic E-state index is 13.5. The molecule has 1 fully saturated rings. The minimum atomic E-state index is -0.0641. The fourth-order valence-corrected chi connectivity index (χ4v) is 4.49. The molecule has 0 atom stereocenters. The fraction of sp³-hybridized carbons (Fsp3) is 0.308. The Morgan fingerprint density at radius 1 is 1.11 bits per heavy atom.